The van der Waals surface area contributed by atoms with E-state index in [2.05, 4.69) is 5.32 Å². The van der Waals surface area contributed by atoms with E-state index in [4.69, 9.17) is 18.9 Å². The summed E-state index contributed by atoms with van der Waals surface area (Å²) in [6, 6.07) is 2.46. The first-order chi connectivity index (χ1) is 11.7. The molecule has 1 N–H and O–H groups in total. The van der Waals surface area contributed by atoms with E-state index in [1.165, 1.54) is 34.1 Å². The van der Waals surface area contributed by atoms with Crippen molar-refractivity contribution in [3.63, 3.8) is 0 Å². The Morgan fingerprint density at radius 1 is 1.12 bits per heavy atom. The van der Waals surface area contributed by atoms with E-state index < -0.39 is 28.2 Å². The Kier molecular flexibility index (Phi) is 4.82. The van der Waals surface area contributed by atoms with Gasteiger partial charge in [0, 0.05) is 26.1 Å². The predicted octanol–water partition coefficient (Wildman–Crippen LogP) is 1.74. The van der Waals surface area contributed by atoms with Crippen LogP contribution in [0.4, 0.5) is 11.4 Å². The molecule has 1 aromatic carbocycles. The summed E-state index contributed by atoms with van der Waals surface area (Å²) in [5.74, 6) is -2.80. The van der Waals surface area contributed by atoms with Crippen LogP contribution in [-0.2, 0) is 19.1 Å². The van der Waals surface area contributed by atoms with E-state index in [0.717, 1.165) is 12.3 Å². The van der Waals surface area contributed by atoms with Crippen LogP contribution in [0.25, 0.3) is 0 Å². The lowest BCUT2D eigenvalue weighted by Gasteiger charge is -2.29. The molecule has 1 fully saturated rings. The van der Waals surface area contributed by atoms with Crippen molar-refractivity contribution in [3.8, 4) is 11.5 Å². The summed E-state index contributed by atoms with van der Waals surface area (Å²) >= 11 is 0. The number of hydrogen-bond acceptors (Lipinski definition) is 9. The van der Waals surface area contributed by atoms with Gasteiger partial charge in [0.05, 0.1) is 25.2 Å². The highest BCUT2D eigenvalue weighted by Gasteiger charge is 2.39. The molecule has 10 heteroatoms. The van der Waals surface area contributed by atoms with Gasteiger partial charge in [0.2, 0.25) is 0 Å². The van der Waals surface area contributed by atoms with Crippen molar-refractivity contribution in [2.45, 2.75) is 19.6 Å². The number of anilines is 1. The smallest absolute Gasteiger partial charge is 0.350 e. The van der Waals surface area contributed by atoms with Crippen molar-refractivity contribution >= 4 is 23.3 Å². The third-order valence-corrected chi connectivity index (χ3v) is 3.19. The van der Waals surface area contributed by atoms with Gasteiger partial charge in [0.1, 0.15) is 5.69 Å². The molecule has 1 heterocycles. The molecule has 134 valence electrons. The monoisotopic (exact) mass is 352 g/mol. The first kappa shape index (κ1) is 18.0. The Morgan fingerprint density at radius 2 is 1.64 bits per heavy atom. The van der Waals surface area contributed by atoms with Gasteiger partial charge in [-0.05, 0) is 0 Å². The molecule has 2 rings (SSSR count). The standard InChI is InChI=1S/C15H16N2O8/c1-15(2)24-13(18)8(14(19)25-15)7-16-9-5-11(22-3)12(23-4)6-10(9)17(20)21/h5-7,16H,1-4H3. The number of esters is 2. The van der Waals surface area contributed by atoms with Gasteiger partial charge >= 0.3 is 11.9 Å². The molecule has 25 heavy (non-hydrogen) atoms. The number of rotatable bonds is 5. The Labute approximate surface area is 142 Å². The molecule has 0 amide bonds. The lowest BCUT2D eigenvalue weighted by Crippen LogP contribution is -2.42. The van der Waals surface area contributed by atoms with Crippen LogP contribution in [-0.4, -0.2) is 36.9 Å². The lowest BCUT2D eigenvalue weighted by atomic mass is 10.2. The van der Waals surface area contributed by atoms with Crippen LogP contribution in [0, 0.1) is 10.1 Å². The van der Waals surface area contributed by atoms with Crippen LogP contribution in [0.1, 0.15) is 13.8 Å². The normalized spacial score (nSPS) is 15.8. The summed E-state index contributed by atoms with van der Waals surface area (Å²) in [6.45, 7) is 2.82. The second-order valence-electron chi connectivity index (χ2n) is 5.36. The highest BCUT2D eigenvalue weighted by atomic mass is 16.7. The quantitative estimate of drug-likeness (QED) is 0.277. The van der Waals surface area contributed by atoms with Crippen LogP contribution >= 0.6 is 0 Å². The zero-order valence-electron chi connectivity index (χ0n) is 13.9. The minimum Gasteiger partial charge on any atom is -0.493 e. The number of hydrogen-bond donors (Lipinski definition) is 1. The van der Waals surface area contributed by atoms with Gasteiger partial charge in [-0.15, -0.1) is 0 Å². The molecule has 0 aliphatic carbocycles. The molecule has 0 radical (unpaired) electrons. The van der Waals surface area contributed by atoms with E-state index in [1.807, 2.05) is 0 Å². The fourth-order valence-corrected chi connectivity index (χ4v) is 2.06. The molecule has 1 aliphatic rings. The van der Waals surface area contributed by atoms with E-state index >= 15 is 0 Å². The van der Waals surface area contributed by atoms with E-state index in [0.29, 0.717) is 0 Å². The summed E-state index contributed by atoms with van der Waals surface area (Å²) in [4.78, 5) is 34.3. The average molecular weight is 352 g/mol. The van der Waals surface area contributed by atoms with Crippen LogP contribution in [0.5, 0.6) is 11.5 Å². The minimum absolute atomic E-state index is 0.0133. The number of carbonyl (C=O) groups is 2. The number of carbonyl (C=O) groups excluding carboxylic acids is 2. The van der Waals surface area contributed by atoms with Gasteiger partial charge in [0.25, 0.3) is 11.5 Å². The average Bonchev–Trinajstić information content (AvgIpc) is 2.51. The molecule has 0 bridgehead atoms. The zero-order chi connectivity index (χ0) is 18.8. The number of cyclic esters (lactones) is 2. The zero-order valence-corrected chi connectivity index (χ0v) is 13.9. The number of nitrogens with zero attached hydrogens (tertiary/aromatic N) is 1. The molecule has 1 aromatic rings. The molecule has 0 aromatic heterocycles. The topological polar surface area (TPSA) is 126 Å². The number of nitrogens with one attached hydrogen (secondary N) is 1. The summed E-state index contributed by atoms with van der Waals surface area (Å²) in [6.07, 6.45) is 0.980. The first-order valence-electron chi connectivity index (χ1n) is 7.02. The molecule has 0 saturated carbocycles. The number of methoxy groups -OCH3 is 2. The third kappa shape index (κ3) is 3.79. The van der Waals surface area contributed by atoms with Crippen molar-refractivity contribution in [2.75, 3.05) is 19.5 Å². The third-order valence-electron chi connectivity index (χ3n) is 3.19. The van der Waals surface area contributed by atoms with Gasteiger partial charge < -0.3 is 24.3 Å². The largest absolute Gasteiger partial charge is 0.493 e. The number of nitro groups is 1. The maximum Gasteiger partial charge on any atom is 0.350 e. The molecule has 0 spiro atoms. The van der Waals surface area contributed by atoms with Crippen molar-refractivity contribution in [3.05, 3.63) is 34.0 Å². The summed E-state index contributed by atoms with van der Waals surface area (Å²) in [5.41, 5.74) is -0.781. The summed E-state index contributed by atoms with van der Waals surface area (Å²) < 4.78 is 20.0. The number of ether oxygens (including phenoxy) is 4. The second kappa shape index (κ2) is 6.67. The molecule has 0 atom stereocenters. The Hall–Kier alpha value is -3.30. The number of nitro benzene ring substituents is 1. The first-order valence-corrected chi connectivity index (χ1v) is 7.02. The fraction of sp³-hybridized carbons (Fsp3) is 0.333. The van der Waals surface area contributed by atoms with Gasteiger partial charge in [-0.1, -0.05) is 0 Å². The summed E-state index contributed by atoms with van der Waals surface area (Å²) in [5, 5.41) is 13.8. The van der Waals surface area contributed by atoms with Crippen LogP contribution < -0.4 is 14.8 Å². The maximum absolute atomic E-state index is 11.9. The van der Waals surface area contributed by atoms with E-state index in [1.54, 1.807) is 0 Å². The summed E-state index contributed by atoms with van der Waals surface area (Å²) in [7, 11) is 2.70. The SMILES string of the molecule is COc1cc(NC=C2C(=O)OC(C)(C)OC2=O)c([N+](=O)[O-])cc1OC. The second-order valence-corrected chi connectivity index (χ2v) is 5.36. The van der Waals surface area contributed by atoms with Crippen LogP contribution in [0.15, 0.2) is 23.9 Å². The highest BCUT2D eigenvalue weighted by molar-refractivity contribution is 6.15. The molecule has 0 unspecified atom stereocenters. The molecular formula is C15H16N2O8. The van der Waals surface area contributed by atoms with Crippen molar-refractivity contribution in [1.82, 2.24) is 0 Å². The molecular weight excluding hydrogens is 336 g/mol. The van der Waals surface area contributed by atoms with Crippen molar-refractivity contribution < 1.29 is 33.5 Å². The van der Waals surface area contributed by atoms with Gasteiger partial charge in [-0.3, -0.25) is 10.1 Å². The van der Waals surface area contributed by atoms with Gasteiger partial charge in [-0.2, -0.15) is 0 Å². The molecule has 10 nitrogen and oxygen atoms in total. The molecule has 1 aliphatic heterocycles. The lowest BCUT2D eigenvalue weighted by molar-refractivity contribution is -0.384. The Morgan fingerprint density at radius 3 is 2.12 bits per heavy atom. The fourth-order valence-electron chi connectivity index (χ4n) is 2.06. The van der Waals surface area contributed by atoms with Gasteiger partial charge in [-0.25, -0.2) is 9.59 Å². The van der Waals surface area contributed by atoms with Gasteiger partial charge in [0.15, 0.2) is 17.1 Å². The van der Waals surface area contributed by atoms with Crippen LogP contribution in [0.3, 0.4) is 0 Å². The Bertz CT molecular complexity index is 747. The van der Waals surface area contributed by atoms with Crippen molar-refractivity contribution in [1.29, 1.82) is 0 Å². The van der Waals surface area contributed by atoms with Crippen LogP contribution in [0.2, 0.25) is 0 Å². The Balaban J connectivity index is 2.38. The molecule has 1 saturated heterocycles. The van der Waals surface area contributed by atoms with E-state index in [9.17, 15) is 19.7 Å². The maximum atomic E-state index is 11.9. The minimum atomic E-state index is -1.37. The van der Waals surface area contributed by atoms with E-state index in [-0.39, 0.29) is 22.9 Å². The predicted molar refractivity (Wildman–Crippen MR) is 84.2 cm³/mol. The highest BCUT2D eigenvalue weighted by Crippen LogP contribution is 2.37. The number of benzene rings is 1. The van der Waals surface area contributed by atoms with Crippen molar-refractivity contribution in [2.24, 2.45) is 0 Å².